The summed E-state index contributed by atoms with van der Waals surface area (Å²) in [4.78, 5) is 42.6. The molecule has 1 aromatic carbocycles. The summed E-state index contributed by atoms with van der Waals surface area (Å²) in [5.74, 6) is 0.725. The van der Waals surface area contributed by atoms with E-state index in [1.165, 1.54) is 9.47 Å². The van der Waals surface area contributed by atoms with E-state index in [0.717, 1.165) is 4.90 Å². The molecule has 29 heavy (non-hydrogen) atoms. The molecule has 1 aromatic heterocycles. The van der Waals surface area contributed by atoms with Crippen molar-refractivity contribution in [2.24, 2.45) is 11.8 Å². The number of aromatic amines is 1. The number of hydrogen-bond donors (Lipinski definition) is 2. The molecule has 3 N–H and O–H groups in total. The number of nitrogens with one attached hydrogen (secondary N) is 1. The molecule has 0 unspecified atom stereocenters. The summed E-state index contributed by atoms with van der Waals surface area (Å²) in [6.07, 6.45) is 0.258. The van der Waals surface area contributed by atoms with E-state index in [0.29, 0.717) is 18.8 Å². The minimum absolute atomic E-state index is 0.0390. The monoisotopic (exact) mass is 418 g/mol. The van der Waals surface area contributed by atoms with E-state index in [1.54, 1.807) is 11.8 Å². The molecule has 0 radical (unpaired) electrons. The molecule has 0 fully saturated rings. The lowest BCUT2D eigenvalue weighted by Crippen LogP contribution is -2.43. The summed E-state index contributed by atoms with van der Waals surface area (Å²) in [6, 6.07) is 9.83. The van der Waals surface area contributed by atoms with Crippen LogP contribution in [0.2, 0.25) is 0 Å². The zero-order valence-corrected chi connectivity index (χ0v) is 18.3. The zero-order chi connectivity index (χ0) is 21.6. The second kappa shape index (κ2) is 10.3. The average molecular weight is 419 g/mol. The zero-order valence-electron chi connectivity index (χ0n) is 17.5. The normalized spacial score (nSPS) is 11.2. The fraction of sp³-hybridized carbons (Fsp3) is 0.476. The molecule has 0 saturated heterocycles. The lowest BCUT2D eigenvalue weighted by atomic mass is 10.2. The number of nitrogen functional groups attached to an aromatic ring is 1. The third kappa shape index (κ3) is 6.25. The van der Waals surface area contributed by atoms with Crippen molar-refractivity contribution < 1.29 is 4.79 Å². The number of rotatable bonds is 9. The first-order valence-electron chi connectivity index (χ1n) is 9.81. The predicted octanol–water partition coefficient (Wildman–Crippen LogP) is 2.95. The van der Waals surface area contributed by atoms with Crippen molar-refractivity contribution >= 4 is 29.2 Å². The molecular weight excluding hydrogens is 388 g/mol. The Morgan fingerprint density at radius 1 is 1.14 bits per heavy atom. The van der Waals surface area contributed by atoms with Crippen molar-refractivity contribution in [2.45, 2.75) is 45.6 Å². The number of nitrogens with zero attached hydrogens (tertiary/aromatic N) is 2. The van der Waals surface area contributed by atoms with Crippen LogP contribution in [0.4, 0.5) is 11.5 Å². The second-order valence-corrected chi connectivity index (χ2v) is 8.98. The molecule has 0 aliphatic rings. The highest BCUT2D eigenvalue weighted by molar-refractivity contribution is 7.99. The van der Waals surface area contributed by atoms with Gasteiger partial charge < -0.3 is 10.6 Å². The van der Waals surface area contributed by atoms with E-state index >= 15 is 0 Å². The van der Waals surface area contributed by atoms with Crippen molar-refractivity contribution in [1.29, 1.82) is 0 Å². The first-order valence-corrected chi connectivity index (χ1v) is 10.8. The maximum Gasteiger partial charge on any atom is 0.330 e. The molecule has 0 aliphatic carbocycles. The van der Waals surface area contributed by atoms with Crippen LogP contribution in [-0.2, 0) is 11.3 Å². The third-order valence-corrected chi connectivity index (χ3v) is 5.22. The first-order chi connectivity index (χ1) is 13.7. The third-order valence-electron chi connectivity index (χ3n) is 4.21. The van der Waals surface area contributed by atoms with Gasteiger partial charge in [0, 0.05) is 30.2 Å². The Hall–Kier alpha value is -2.48. The van der Waals surface area contributed by atoms with E-state index in [2.05, 4.69) is 4.98 Å². The number of carbonyl (C=O) groups excluding carboxylic acids is 1. The van der Waals surface area contributed by atoms with Gasteiger partial charge in [0.1, 0.15) is 5.82 Å². The Bertz CT molecular complexity index is 935. The van der Waals surface area contributed by atoms with Crippen LogP contribution in [0.15, 0.2) is 44.8 Å². The van der Waals surface area contributed by atoms with E-state index in [-0.39, 0.29) is 35.7 Å². The maximum atomic E-state index is 13.0. The maximum absolute atomic E-state index is 13.0. The summed E-state index contributed by atoms with van der Waals surface area (Å²) in [5.41, 5.74) is 5.09. The number of carbonyl (C=O) groups is 1. The highest BCUT2D eigenvalue weighted by Gasteiger charge is 2.25. The van der Waals surface area contributed by atoms with E-state index in [9.17, 15) is 14.4 Å². The van der Waals surface area contributed by atoms with Crippen LogP contribution in [0.1, 0.15) is 34.1 Å². The van der Waals surface area contributed by atoms with Gasteiger partial charge in [0.25, 0.3) is 5.56 Å². The Morgan fingerprint density at radius 2 is 1.79 bits per heavy atom. The number of nitrogens with two attached hydrogens (primary N) is 1. The largest absolute Gasteiger partial charge is 0.383 e. The Labute approximate surface area is 175 Å². The highest BCUT2D eigenvalue weighted by atomic mass is 32.2. The van der Waals surface area contributed by atoms with Crippen molar-refractivity contribution in [3.8, 4) is 0 Å². The van der Waals surface area contributed by atoms with Crippen molar-refractivity contribution in [1.82, 2.24) is 9.55 Å². The molecule has 0 bridgehead atoms. The van der Waals surface area contributed by atoms with Crippen LogP contribution in [0, 0.1) is 11.8 Å². The van der Waals surface area contributed by atoms with Gasteiger partial charge in [-0.2, -0.15) is 0 Å². The highest BCUT2D eigenvalue weighted by Crippen LogP contribution is 2.22. The molecule has 1 heterocycles. The number of amides is 1. The molecule has 0 aliphatic heterocycles. The van der Waals surface area contributed by atoms with Crippen LogP contribution in [0.3, 0.4) is 0 Å². The molecule has 0 spiro atoms. The SMILES string of the molecule is CC(C)CN(C(=O)CCSc1ccccc1)c1c(N)n(CC(C)C)c(=O)[nH]c1=O. The standard InChI is InChI=1S/C21H30N4O3S/c1-14(2)12-24(17(26)10-11-29-16-8-6-5-7-9-16)18-19(22)25(13-15(3)4)21(28)23-20(18)27/h5-9,14-15H,10-13,22H2,1-4H3,(H,23,27,28). The summed E-state index contributed by atoms with van der Waals surface area (Å²) in [5, 5.41) is 0. The number of benzene rings is 1. The molecule has 0 atom stereocenters. The number of aromatic nitrogens is 2. The predicted molar refractivity (Wildman–Crippen MR) is 120 cm³/mol. The summed E-state index contributed by atoms with van der Waals surface area (Å²) in [7, 11) is 0. The van der Waals surface area contributed by atoms with Gasteiger partial charge in [-0.15, -0.1) is 11.8 Å². The number of hydrogen-bond acceptors (Lipinski definition) is 5. The van der Waals surface area contributed by atoms with E-state index in [1.807, 2.05) is 58.0 Å². The molecule has 2 rings (SSSR count). The van der Waals surface area contributed by atoms with Crippen molar-refractivity contribution in [3.63, 3.8) is 0 Å². The Balaban J connectivity index is 2.30. The molecule has 1 amide bonds. The van der Waals surface area contributed by atoms with Gasteiger partial charge in [-0.05, 0) is 24.0 Å². The number of H-pyrrole nitrogens is 1. The summed E-state index contributed by atoms with van der Waals surface area (Å²) >= 11 is 1.58. The smallest absolute Gasteiger partial charge is 0.330 e. The lowest BCUT2D eigenvalue weighted by Gasteiger charge is -2.26. The van der Waals surface area contributed by atoms with E-state index in [4.69, 9.17) is 5.73 Å². The van der Waals surface area contributed by atoms with Crippen molar-refractivity contribution in [3.05, 3.63) is 51.2 Å². The van der Waals surface area contributed by atoms with Crippen LogP contribution in [-0.4, -0.2) is 27.8 Å². The van der Waals surface area contributed by atoms with E-state index < -0.39 is 11.2 Å². The fourth-order valence-corrected chi connectivity index (χ4v) is 3.84. The molecular formula is C21H30N4O3S. The number of anilines is 2. The van der Waals surface area contributed by atoms with Gasteiger partial charge in [0.15, 0.2) is 5.69 Å². The first kappa shape index (κ1) is 22.8. The lowest BCUT2D eigenvalue weighted by molar-refractivity contribution is -0.118. The van der Waals surface area contributed by atoms with Gasteiger partial charge in [-0.3, -0.25) is 19.1 Å². The molecule has 158 valence electrons. The molecule has 7 nitrogen and oxygen atoms in total. The van der Waals surface area contributed by atoms with Crippen LogP contribution in [0.5, 0.6) is 0 Å². The minimum Gasteiger partial charge on any atom is -0.383 e. The summed E-state index contributed by atoms with van der Waals surface area (Å²) in [6.45, 7) is 8.55. The minimum atomic E-state index is -0.628. The van der Waals surface area contributed by atoms with Gasteiger partial charge >= 0.3 is 5.69 Å². The van der Waals surface area contributed by atoms with Gasteiger partial charge in [-0.1, -0.05) is 45.9 Å². The molecule has 0 saturated carbocycles. The molecule has 8 heteroatoms. The van der Waals surface area contributed by atoms with Crippen LogP contribution >= 0.6 is 11.8 Å². The van der Waals surface area contributed by atoms with Crippen LogP contribution < -0.4 is 21.9 Å². The Morgan fingerprint density at radius 3 is 2.38 bits per heavy atom. The second-order valence-electron chi connectivity index (χ2n) is 7.81. The average Bonchev–Trinajstić information content (AvgIpc) is 2.64. The topological polar surface area (TPSA) is 101 Å². The van der Waals surface area contributed by atoms with Gasteiger partial charge in [-0.25, -0.2) is 4.79 Å². The number of thioether (sulfide) groups is 1. The van der Waals surface area contributed by atoms with Crippen molar-refractivity contribution in [2.75, 3.05) is 22.9 Å². The fourth-order valence-electron chi connectivity index (χ4n) is 2.98. The van der Waals surface area contributed by atoms with Gasteiger partial charge in [0.05, 0.1) is 0 Å². The van der Waals surface area contributed by atoms with Crippen LogP contribution in [0.25, 0.3) is 0 Å². The molecule has 2 aromatic rings. The quantitative estimate of drug-likeness (QED) is 0.610. The summed E-state index contributed by atoms with van der Waals surface area (Å²) < 4.78 is 1.33. The van der Waals surface area contributed by atoms with Gasteiger partial charge in [0.2, 0.25) is 5.91 Å². The Kier molecular flexibility index (Phi) is 8.13.